The topological polar surface area (TPSA) is 32.3 Å². The van der Waals surface area contributed by atoms with E-state index >= 15 is 0 Å². The maximum atomic E-state index is 12.1. The van der Waals surface area contributed by atoms with Crippen molar-refractivity contribution in [2.45, 2.75) is 20.3 Å². The van der Waals surface area contributed by atoms with Crippen molar-refractivity contribution in [3.05, 3.63) is 57.1 Å². The Morgan fingerprint density at radius 1 is 1.13 bits per heavy atom. The van der Waals surface area contributed by atoms with E-state index in [-0.39, 0.29) is 5.91 Å². The third-order valence-electron chi connectivity index (χ3n) is 3.61. The molecule has 0 saturated heterocycles. The molecular weight excluding hydrogens is 331 g/mol. The van der Waals surface area contributed by atoms with Crippen molar-refractivity contribution in [3.8, 4) is 0 Å². The number of likely N-dealkylation sites (N-methyl/N-ethyl adjacent to an activating group) is 1. The molecule has 1 N–H and O–H groups in total. The van der Waals surface area contributed by atoms with Gasteiger partial charge in [-0.05, 0) is 43.2 Å². The number of hydrogen-bond acceptors (Lipinski definition) is 2. The summed E-state index contributed by atoms with van der Waals surface area (Å²) in [5.41, 5.74) is 4.68. The highest BCUT2D eigenvalue weighted by atomic mass is 35.5. The van der Waals surface area contributed by atoms with E-state index < -0.39 is 0 Å². The first-order valence-electron chi connectivity index (χ1n) is 7.30. The smallest absolute Gasteiger partial charge is 0.226 e. The predicted molar refractivity (Wildman–Crippen MR) is 98.1 cm³/mol. The average molecular weight is 351 g/mol. The number of benzene rings is 2. The van der Waals surface area contributed by atoms with Gasteiger partial charge in [-0.25, -0.2) is 0 Å². The Hall–Kier alpha value is -1.71. The molecule has 0 aliphatic carbocycles. The Labute approximate surface area is 147 Å². The van der Waals surface area contributed by atoms with Crippen molar-refractivity contribution in [2.24, 2.45) is 0 Å². The van der Waals surface area contributed by atoms with Crippen LogP contribution in [0.15, 0.2) is 30.3 Å². The molecule has 0 atom stereocenters. The van der Waals surface area contributed by atoms with Crippen LogP contribution in [0, 0.1) is 13.8 Å². The molecule has 0 radical (unpaired) electrons. The van der Waals surface area contributed by atoms with E-state index in [9.17, 15) is 4.79 Å². The summed E-state index contributed by atoms with van der Waals surface area (Å²) >= 11 is 12.3. The zero-order chi connectivity index (χ0) is 17.1. The third kappa shape index (κ3) is 4.40. The van der Waals surface area contributed by atoms with Crippen LogP contribution in [0.1, 0.15) is 16.7 Å². The predicted octanol–water partition coefficient (Wildman–Crippen LogP) is 4.98. The van der Waals surface area contributed by atoms with Gasteiger partial charge in [-0.2, -0.15) is 0 Å². The molecule has 0 heterocycles. The van der Waals surface area contributed by atoms with Crippen molar-refractivity contribution in [1.29, 1.82) is 0 Å². The van der Waals surface area contributed by atoms with E-state index in [1.165, 1.54) is 0 Å². The number of aryl methyl sites for hydroxylation is 2. The molecule has 0 aromatic heterocycles. The second-order valence-electron chi connectivity index (χ2n) is 5.83. The zero-order valence-corrected chi connectivity index (χ0v) is 15.2. The number of amides is 1. The number of rotatable bonds is 4. The fraction of sp³-hybridized carbons (Fsp3) is 0.278. The monoisotopic (exact) mass is 350 g/mol. The Kier molecular flexibility index (Phi) is 5.55. The summed E-state index contributed by atoms with van der Waals surface area (Å²) in [7, 11) is 3.51. The van der Waals surface area contributed by atoms with Crippen molar-refractivity contribution in [1.82, 2.24) is 4.90 Å². The van der Waals surface area contributed by atoms with Gasteiger partial charge in [-0.3, -0.25) is 4.79 Å². The fourth-order valence-electron chi connectivity index (χ4n) is 2.31. The fourth-order valence-corrected chi connectivity index (χ4v) is 2.95. The van der Waals surface area contributed by atoms with Gasteiger partial charge in [0.2, 0.25) is 5.91 Å². The van der Waals surface area contributed by atoms with E-state index in [0.717, 1.165) is 28.1 Å². The Balaban J connectivity index is 2.39. The lowest BCUT2D eigenvalue weighted by Gasteiger charge is -2.17. The highest BCUT2D eigenvalue weighted by Gasteiger charge is 2.13. The molecule has 0 aliphatic rings. The molecule has 2 aromatic rings. The lowest BCUT2D eigenvalue weighted by atomic mass is 10.0. The minimum atomic E-state index is 0.0533. The van der Waals surface area contributed by atoms with Gasteiger partial charge in [0.25, 0.3) is 0 Å². The largest absolute Gasteiger partial charge is 0.354 e. The average Bonchev–Trinajstić information content (AvgIpc) is 2.44. The molecule has 5 heteroatoms. The number of carbonyl (C=O) groups excluding carboxylic acids is 1. The van der Waals surface area contributed by atoms with E-state index in [0.29, 0.717) is 16.5 Å². The van der Waals surface area contributed by atoms with Gasteiger partial charge < -0.3 is 10.2 Å². The second-order valence-corrected chi connectivity index (χ2v) is 6.67. The summed E-state index contributed by atoms with van der Waals surface area (Å²) in [6, 6.07) is 9.55. The molecule has 3 nitrogen and oxygen atoms in total. The van der Waals surface area contributed by atoms with E-state index in [1.807, 2.05) is 38.1 Å². The summed E-state index contributed by atoms with van der Waals surface area (Å²) in [5, 5.41) is 4.50. The molecule has 2 aromatic carbocycles. The summed E-state index contributed by atoms with van der Waals surface area (Å²) < 4.78 is 0. The first kappa shape index (κ1) is 17.6. The summed E-state index contributed by atoms with van der Waals surface area (Å²) in [5.74, 6) is 0.0533. The van der Waals surface area contributed by atoms with Gasteiger partial charge in [-0.1, -0.05) is 40.9 Å². The Bertz CT molecular complexity index is 719. The van der Waals surface area contributed by atoms with Gasteiger partial charge in [0.1, 0.15) is 0 Å². The number of halogens is 2. The van der Waals surface area contributed by atoms with E-state index in [4.69, 9.17) is 23.2 Å². The molecule has 0 saturated carbocycles. The van der Waals surface area contributed by atoms with Crippen molar-refractivity contribution in [2.75, 3.05) is 19.4 Å². The Morgan fingerprint density at radius 3 is 2.43 bits per heavy atom. The molecule has 23 heavy (non-hydrogen) atoms. The van der Waals surface area contributed by atoms with E-state index in [2.05, 4.69) is 5.32 Å². The first-order chi connectivity index (χ1) is 10.8. The van der Waals surface area contributed by atoms with Crippen molar-refractivity contribution < 1.29 is 4.79 Å². The number of anilines is 2. The highest BCUT2D eigenvalue weighted by Crippen LogP contribution is 2.33. The minimum Gasteiger partial charge on any atom is -0.354 e. The molecule has 0 unspecified atom stereocenters. The minimum absolute atomic E-state index is 0.0533. The molecule has 0 aliphatic heterocycles. The highest BCUT2D eigenvalue weighted by molar-refractivity contribution is 6.36. The maximum Gasteiger partial charge on any atom is 0.226 e. The van der Waals surface area contributed by atoms with Gasteiger partial charge >= 0.3 is 0 Å². The SMILES string of the molecule is Cc1ccc(Nc2c(C)cc(Cl)cc2Cl)c(CC(=O)N(C)C)c1. The normalized spacial score (nSPS) is 10.5. The quantitative estimate of drug-likeness (QED) is 0.842. The number of nitrogens with one attached hydrogen (secondary N) is 1. The second kappa shape index (κ2) is 7.24. The van der Waals surface area contributed by atoms with Crippen LogP contribution in [-0.2, 0) is 11.2 Å². The van der Waals surface area contributed by atoms with Crippen LogP contribution >= 0.6 is 23.2 Å². The van der Waals surface area contributed by atoms with Crippen LogP contribution in [0.2, 0.25) is 10.0 Å². The van der Waals surface area contributed by atoms with Crippen LogP contribution in [0.5, 0.6) is 0 Å². The molecule has 1 amide bonds. The summed E-state index contributed by atoms with van der Waals surface area (Å²) in [4.78, 5) is 13.7. The van der Waals surface area contributed by atoms with Crippen LogP contribution in [-0.4, -0.2) is 24.9 Å². The maximum absolute atomic E-state index is 12.1. The zero-order valence-electron chi connectivity index (χ0n) is 13.7. The lowest BCUT2D eigenvalue weighted by molar-refractivity contribution is -0.127. The molecular formula is C18H20Cl2N2O. The Morgan fingerprint density at radius 2 is 1.83 bits per heavy atom. The van der Waals surface area contributed by atoms with Crippen LogP contribution in [0.25, 0.3) is 0 Å². The van der Waals surface area contributed by atoms with Crippen molar-refractivity contribution >= 4 is 40.5 Å². The lowest BCUT2D eigenvalue weighted by Crippen LogP contribution is -2.23. The number of hydrogen-bond donors (Lipinski definition) is 1. The standard InChI is InChI=1S/C18H20Cl2N2O/c1-11-5-6-16(13(7-11)9-17(23)22(3)4)21-18-12(2)8-14(19)10-15(18)20/h5-8,10,21H,9H2,1-4H3. The third-order valence-corrected chi connectivity index (χ3v) is 4.13. The van der Waals surface area contributed by atoms with Gasteiger partial charge in [0.05, 0.1) is 17.1 Å². The summed E-state index contributed by atoms with van der Waals surface area (Å²) in [6.45, 7) is 3.95. The van der Waals surface area contributed by atoms with Gasteiger partial charge in [0.15, 0.2) is 0 Å². The van der Waals surface area contributed by atoms with Crippen LogP contribution in [0.4, 0.5) is 11.4 Å². The molecule has 122 valence electrons. The van der Waals surface area contributed by atoms with Gasteiger partial charge in [-0.15, -0.1) is 0 Å². The number of nitrogens with zero attached hydrogens (tertiary/aromatic N) is 1. The summed E-state index contributed by atoms with van der Waals surface area (Å²) in [6.07, 6.45) is 0.335. The van der Waals surface area contributed by atoms with E-state index in [1.54, 1.807) is 25.1 Å². The molecule has 0 spiro atoms. The van der Waals surface area contributed by atoms with Gasteiger partial charge in [0, 0.05) is 24.8 Å². The molecule has 2 rings (SSSR count). The number of carbonyl (C=O) groups is 1. The van der Waals surface area contributed by atoms with Crippen LogP contribution < -0.4 is 5.32 Å². The molecule has 0 bridgehead atoms. The molecule has 0 fully saturated rings. The first-order valence-corrected chi connectivity index (χ1v) is 8.06. The van der Waals surface area contributed by atoms with Crippen LogP contribution in [0.3, 0.4) is 0 Å². The van der Waals surface area contributed by atoms with Crippen molar-refractivity contribution in [3.63, 3.8) is 0 Å².